The summed E-state index contributed by atoms with van der Waals surface area (Å²) in [6, 6.07) is 10.9. The molecule has 1 amide bonds. The Labute approximate surface area is 150 Å². The molecule has 126 valence electrons. The van der Waals surface area contributed by atoms with Gasteiger partial charge in [0.2, 0.25) is 5.91 Å². The van der Waals surface area contributed by atoms with Gasteiger partial charge in [-0.25, -0.2) is 0 Å². The summed E-state index contributed by atoms with van der Waals surface area (Å²) in [7, 11) is 0. The second-order valence-corrected chi connectivity index (χ2v) is 6.32. The van der Waals surface area contributed by atoms with Crippen LogP contribution in [0.2, 0.25) is 10.0 Å². The minimum Gasteiger partial charge on any atom is -0.486 e. The third-order valence-electron chi connectivity index (χ3n) is 3.68. The van der Waals surface area contributed by atoms with Crippen LogP contribution < -0.4 is 14.8 Å². The molecule has 1 N–H and O–H groups in total. The van der Waals surface area contributed by atoms with Gasteiger partial charge in [-0.15, -0.1) is 0 Å². The van der Waals surface area contributed by atoms with Gasteiger partial charge < -0.3 is 14.8 Å². The summed E-state index contributed by atoms with van der Waals surface area (Å²) in [6.07, 6.45) is 1.93. The van der Waals surface area contributed by atoms with E-state index in [1.807, 2.05) is 18.2 Å². The van der Waals surface area contributed by atoms with E-state index in [0.717, 1.165) is 18.4 Å². The summed E-state index contributed by atoms with van der Waals surface area (Å²) >= 11 is 11.9. The Bertz CT molecular complexity index is 749. The van der Waals surface area contributed by atoms with Gasteiger partial charge in [-0.1, -0.05) is 29.3 Å². The number of anilines is 1. The van der Waals surface area contributed by atoms with Crippen LogP contribution in [-0.4, -0.2) is 19.1 Å². The van der Waals surface area contributed by atoms with Gasteiger partial charge in [-0.2, -0.15) is 0 Å². The number of carbonyl (C=O) groups excluding carboxylic acids is 1. The van der Waals surface area contributed by atoms with Crippen molar-refractivity contribution in [3.05, 3.63) is 52.0 Å². The quantitative estimate of drug-likeness (QED) is 0.833. The highest BCUT2D eigenvalue weighted by Crippen LogP contribution is 2.32. The highest BCUT2D eigenvalue weighted by Gasteiger charge is 2.12. The molecule has 0 bridgehead atoms. The zero-order valence-corrected chi connectivity index (χ0v) is 14.5. The molecule has 0 unspecified atom stereocenters. The van der Waals surface area contributed by atoms with Gasteiger partial charge in [0.05, 0.1) is 10.0 Å². The molecule has 0 aliphatic carbocycles. The van der Waals surface area contributed by atoms with Crippen molar-refractivity contribution in [1.82, 2.24) is 0 Å². The fourth-order valence-electron chi connectivity index (χ4n) is 2.49. The first-order valence-corrected chi connectivity index (χ1v) is 8.51. The maximum Gasteiger partial charge on any atom is 0.224 e. The van der Waals surface area contributed by atoms with E-state index in [9.17, 15) is 4.79 Å². The number of nitrogens with one attached hydrogen (secondary N) is 1. The monoisotopic (exact) mass is 365 g/mol. The summed E-state index contributed by atoms with van der Waals surface area (Å²) in [5.74, 6) is 1.33. The van der Waals surface area contributed by atoms with E-state index in [4.69, 9.17) is 32.7 Å². The Morgan fingerprint density at radius 2 is 1.79 bits per heavy atom. The van der Waals surface area contributed by atoms with Crippen molar-refractivity contribution in [2.24, 2.45) is 0 Å². The molecule has 0 saturated carbocycles. The number of benzene rings is 2. The maximum absolute atomic E-state index is 12.1. The van der Waals surface area contributed by atoms with Gasteiger partial charge in [-0.05, 0) is 42.7 Å². The molecule has 0 aromatic heterocycles. The predicted molar refractivity (Wildman–Crippen MR) is 95.5 cm³/mol. The van der Waals surface area contributed by atoms with Crippen molar-refractivity contribution in [2.45, 2.75) is 19.3 Å². The maximum atomic E-state index is 12.1. The largest absolute Gasteiger partial charge is 0.486 e. The van der Waals surface area contributed by atoms with Gasteiger partial charge in [0.15, 0.2) is 11.5 Å². The Morgan fingerprint density at radius 3 is 2.58 bits per heavy atom. The zero-order chi connectivity index (χ0) is 16.9. The molecule has 0 atom stereocenters. The number of hydrogen-bond donors (Lipinski definition) is 1. The van der Waals surface area contributed by atoms with Crippen LogP contribution in [0.5, 0.6) is 11.5 Å². The Morgan fingerprint density at radius 1 is 1.00 bits per heavy atom. The molecule has 3 rings (SSSR count). The highest BCUT2D eigenvalue weighted by molar-refractivity contribution is 6.42. The Balaban J connectivity index is 1.49. The van der Waals surface area contributed by atoms with E-state index in [-0.39, 0.29) is 5.91 Å². The normalized spacial score (nSPS) is 12.8. The lowest BCUT2D eigenvalue weighted by Crippen LogP contribution is -2.16. The number of aryl methyl sites for hydroxylation is 1. The van der Waals surface area contributed by atoms with Crippen molar-refractivity contribution < 1.29 is 14.3 Å². The lowest BCUT2D eigenvalue weighted by Gasteiger charge is -2.19. The first-order valence-electron chi connectivity index (χ1n) is 7.75. The molecule has 6 heteroatoms. The van der Waals surface area contributed by atoms with E-state index in [1.165, 1.54) is 0 Å². The molecule has 1 aliphatic heterocycles. The number of hydrogen-bond acceptors (Lipinski definition) is 3. The second-order valence-electron chi connectivity index (χ2n) is 5.51. The van der Waals surface area contributed by atoms with Crippen LogP contribution in [0.15, 0.2) is 36.4 Å². The average molecular weight is 366 g/mol. The van der Waals surface area contributed by atoms with Crippen LogP contribution in [0.1, 0.15) is 18.4 Å². The van der Waals surface area contributed by atoms with E-state index in [0.29, 0.717) is 46.9 Å². The molecule has 1 heterocycles. The number of halogens is 2. The van der Waals surface area contributed by atoms with Crippen molar-refractivity contribution in [1.29, 1.82) is 0 Å². The summed E-state index contributed by atoms with van der Waals surface area (Å²) in [5.41, 5.74) is 1.77. The van der Waals surface area contributed by atoms with Crippen LogP contribution in [0.4, 0.5) is 5.69 Å². The SMILES string of the molecule is O=C(CCCc1ccc(Cl)c(Cl)c1)Nc1ccc2c(c1)OCCO2. The standard InChI is InChI=1S/C18H17Cl2NO3/c19-14-6-4-12(10-15(14)20)2-1-3-18(22)21-13-5-7-16-17(11-13)24-9-8-23-16/h4-7,10-11H,1-3,8-9H2,(H,21,22). The Hall–Kier alpha value is -1.91. The van der Waals surface area contributed by atoms with Gasteiger partial charge in [0.1, 0.15) is 13.2 Å². The predicted octanol–water partition coefficient (Wildman–Crippen LogP) is 4.73. The van der Waals surface area contributed by atoms with E-state index in [2.05, 4.69) is 5.32 Å². The molecular weight excluding hydrogens is 349 g/mol. The third kappa shape index (κ3) is 4.34. The average Bonchev–Trinajstić information content (AvgIpc) is 2.58. The summed E-state index contributed by atoms with van der Waals surface area (Å²) in [4.78, 5) is 12.1. The first-order chi connectivity index (χ1) is 11.6. The number of rotatable bonds is 5. The van der Waals surface area contributed by atoms with Gasteiger partial charge in [-0.3, -0.25) is 4.79 Å². The number of fused-ring (bicyclic) bond motifs is 1. The summed E-state index contributed by atoms with van der Waals surface area (Å²) in [6.45, 7) is 1.07. The summed E-state index contributed by atoms with van der Waals surface area (Å²) in [5, 5.41) is 3.95. The minimum absolute atomic E-state index is 0.0354. The van der Waals surface area contributed by atoms with Crippen LogP contribution in [0.25, 0.3) is 0 Å². The summed E-state index contributed by atoms with van der Waals surface area (Å²) < 4.78 is 11.0. The molecule has 0 saturated heterocycles. The van der Waals surface area contributed by atoms with Crippen LogP contribution in [-0.2, 0) is 11.2 Å². The highest BCUT2D eigenvalue weighted by atomic mass is 35.5. The third-order valence-corrected chi connectivity index (χ3v) is 4.42. The van der Waals surface area contributed by atoms with Crippen LogP contribution >= 0.6 is 23.2 Å². The second kappa shape index (κ2) is 7.77. The zero-order valence-electron chi connectivity index (χ0n) is 13.0. The molecular formula is C18H17Cl2NO3. The molecule has 2 aromatic carbocycles. The lowest BCUT2D eigenvalue weighted by molar-refractivity contribution is -0.116. The molecule has 0 radical (unpaired) electrons. The van der Waals surface area contributed by atoms with Gasteiger partial charge >= 0.3 is 0 Å². The topological polar surface area (TPSA) is 47.6 Å². The van der Waals surface area contributed by atoms with Crippen molar-refractivity contribution in [3.63, 3.8) is 0 Å². The van der Waals surface area contributed by atoms with Gasteiger partial charge in [0.25, 0.3) is 0 Å². The number of amides is 1. The lowest BCUT2D eigenvalue weighted by atomic mass is 10.1. The van der Waals surface area contributed by atoms with E-state index in [1.54, 1.807) is 18.2 Å². The number of carbonyl (C=O) groups is 1. The minimum atomic E-state index is -0.0354. The first kappa shape index (κ1) is 16.9. The fraction of sp³-hybridized carbons (Fsp3) is 0.278. The van der Waals surface area contributed by atoms with Gasteiger partial charge in [0, 0.05) is 18.2 Å². The molecule has 1 aliphatic rings. The van der Waals surface area contributed by atoms with Crippen molar-refractivity contribution in [3.8, 4) is 11.5 Å². The van der Waals surface area contributed by atoms with Crippen LogP contribution in [0.3, 0.4) is 0 Å². The van der Waals surface area contributed by atoms with E-state index < -0.39 is 0 Å². The molecule has 2 aromatic rings. The molecule has 0 spiro atoms. The fourth-order valence-corrected chi connectivity index (χ4v) is 2.81. The van der Waals surface area contributed by atoms with E-state index >= 15 is 0 Å². The smallest absolute Gasteiger partial charge is 0.224 e. The Kier molecular flexibility index (Phi) is 5.48. The number of ether oxygens (including phenoxy) is 2. The van der Waals surface area contributed by atoms with Crippen molar-refractivity contribution >= 4 is 34.8 Å². The molecule has 4 nitrogen and oxygen atoms in total. The van der Waals surface area contributed by atoms with Crippen molar-refractivity contribution in [2.75, 3.05) is 18.5 Å². The van der Waals surface area contributed by atoms with Crippen LogP contribution in [0, 0.1) is 0 Å². The molecule has 0 fully saturated rings. The molecule has 24 heavy (non-hydrogen) atoms.